The molecule has 0 unspecified atom stereocenters. The van der Waals surface area contributed by atoms with Crippen molar-refractivity contribution in [3.63, 3.8) is 0 Å². The minimum atomic E-state index is -0.392. The fraction of sp³-hybridized carbons (Fsp3) is 0.300. The predicted molar refractivity (Wildman–Crippen MR) is 111 cm³/mol. The molecule has 4 rings (SSSR count). The molecule has 8 heteroatoms. The Bertz CT molecular complexity index is 1030. The van der Waals surface area contributed by atoms with E-state index in [1.165, 1.54) is 11.8 Å². The maximum absolute atomic E-state index is 12.4. The van der Waals surface area contributed by atoms with Crippen molar-refractivity contribution in [3.8, 4) is 0 Å². The topological polar surface area (TPSA) is 74.8 Å². The van der Waals surface area contributed by atoms with Gasteiger partial charge in [-0.25, -0.2) is 4.98 Å². The molecular formula is C20H20N4O3S. The summed E-state index contributed by atoms with van der Waals surface area (Å²) in [5.74, 6) is 0.0621. The zero-order valence-electron chi connectivity index (χ0n) is 15.7. The van der Waals surface area contributed by atoms with Crippen LogP contribution in [0.25, 0.3) is 17.0 Å². The lowest BCUT2D eigenvalue weighted by atomic mass is 10.1. The first kappa shape index (κ1) is 18.5. The van der Waals surface area contributed by atoms with Crippen LogP contribution >= 0.6 is 12.2 Å². The predicted octanol–water partition coefficient (Wildman–Crippen LogP) is 1.98. The maximum Gasteiger partial charge on any atom is 0.274 e. The number of hydrogen-bond acceptors (Lipinski definition) is 6. The molecule has 144 valence electrons. The summed E-state index contributed by atoms with van der Waals surface area (Å²) in [4.78, 5) is 32.6. The van der Waals surface area contributed by atoms with E-state index >= 15 is 0 Å². The van der Waals surface area contributed by atoms with Gasteiger partial charge in [0.2, 0.25) is 5.91 Å². The minimum absolute atomic E-state index is 0.0982. The van der Waals surface area contributed by atoms with Crippen LogP contribution in [0.5, 0.6) is 0 Å². The van der Waals surface area contributed by atoms with Crippen molar-refractivity contribution in [2.75, 3.05) is 31.2 Å². The number of amides is 2. The van der Waals surface area contributed by atoms with Gasteiger partial charge in [-0.2, -0.15) is 0 Å². The molecule has 0 atom stereocenters. The van der Waals surface area contributed by atoms with Crippen molar-refractivity contribution >= 4 is 51.9 Å². The number of thiocarbonyl (C=S) groups is 1. The SMILES string of the molecule is CC(=O)N1C(=S)NC(=O)C1=Cc1cc2ccc(C)cc2nc1N1CCOCC1. The first-order valence-corrected chi connectivity index (χ1v) is 9.46. The molecule has 0 bridgehead atoms. The van der Waals surface area contributed by atoms with Crippen LogP contribution < -0.4 is 10.2 Å². The smallest absolute Gasteiger partial charge is 0.274 e. The third-order valence-electron chi connectivity index (χ3n) is 4.80. The van der Waals surface area contributed by atoms with Gasteiger partial charge in [0, 0.05) is 31.0 Å². The summed E-state index contributed by atoms with van der Waals surface area (Å²) in [7, 11) is 0. The second-order valence-corrected chi connectivity index (χ2v) is 7.23. The normalized spacial score (nSPS) is 18.9. The summed E-state index contributed by atoms with van der Waals surface area (Å²) in [5, 5.41) is 3.60. The van der Waals surface area contributed by atoms with E-state index in [1.807, 2.05) is 31.2 Å². The van der Waals surface area contributed by atoms with Crippen LogP contribution in [-0.4, -0.2) is 53.1 Å². The molecule has 2 aliphatic rings. The van der Waals surface area contributed by atoms with Crippen LogP contribution in [0.1, 0.15) is 18.1 Å². The number of ether oxygens (including phenoxy) is 1. The van der Waals surface area contributed by atoms with E-state index in [1.54, 1.807) is 6.08 Å². The fourth-order valence-corrected chi connectivity index (χ4v) is 3.76. The summed E-state index contributed by atoms with van der Waals surface area (Å²) in [5.41, 5.74) is 2.99. The van der Waals surface area contributed by atoms with E-state index in [0.29, 0.717) is 26.3 Å². The summed E-state index contributed by atoms with van der Waals surface area (Å²) in [6.07, 6.45) is 1.69. The van der Waals surface area contributed by atoms with Crippen molar-refractivity contribution in [1.29, 1.82) is 0 Å². The Morgan fingerprint density at radius 2 is 2.04 bits per heavy atom. The second-order valence-electron chi connectivity index (χ2n) is 6.84. The molecule has 2 saturated heterocycles. The van der Waals surface area contributed by atoms with E-state index in [9.17, 15) is 9.59 Å². The Balaban J connectivity index is 1.89. The monoisotopic (exact) mass is 396 g/mol. The summed E-state index contributed by atoms with van der Waals surface area (Å²) in [6.45, 7) is 6.06. The van der Waals surface area contributed by atoms with Crippen LogP contribution in [-0.2, 0) is 14.3 Å². The number of aromatic nitrogens is 1. The molecule has 2 aliphatic heterocycles. The zero-order valence-corrected chi connectivity index (χ0v) is 16.5. The summed E-state index contributed by atoms with van der Waals surface area (Å²) in [6, 6.07) is 8.06. The van der Waals surface area contributed by atoms with Gasteiger partial charge < -0.3 is 9.64 Å². The van der Waals surface area contributed by atoms with Crippen LogP contribution in [0.15, 0.2) is 30.0 Å². The highest BCUT2D eigenvalue weighted by Crippen LogP contribution is 2.28. The number of fused-ring (bicyclic) bond motifs is 1. The van der Waals surface area contributed by atoms with Gasteiger partial charge >= 0.3 is 0 Å². The molecule has 7 nitrogen and oxygen atoms in total. The number of nitrogens with zero attached hydrogens (tertiary/aromatic N) is 3. The molecule has 0 radical (unpaired) electrons. The molecule has 0 saturated carbocycles. The van der Waals surface area contributed by atoms with E-state index < -0.39 is 5.91 Å². The number of hydrogen-bond donors (Lipinski definition) is 1. The summed E-state index contributed by atoms with van der Waals surface area (Å²) < 4.78 is 5.46. The fourth-order valence-electron chi connectivity index (χ4n) is 3.44. The summed E-state index contributed by atoms with van der Waals surface area (Å²) >= 11 is 5.13. The van der Waals surface area contributed by atoms with Gasteiger partial charge in [-0.3, -0.25) is 19.8 Å². The quantitative estimate of drug-likeness (QED) is 0.618. The van der Waals surface area contributed by atoms with Crippen LogP contribution in [0, 0.1) is 6.92 Å². The lowest BCUT2D eigenvalue weighted by Gasteiger charge is -2.29. The molecule has 2 fully saturated rings. The highest BCUT2D eigenvalue weighted by atomic mass is 32.1. The largest absolute Gasteiger partial charge is 0.378 e. The number of pyridine rings is 1. The number of anilines is 1. The van der Waals surface area contributed by atoms with Crippen LogP contribution in [0.4, 0.5) is 5.82 Å². The van der Waals surface area contributed by atoms with E-state index in [-0.39, 0.29) is 16.7 Å². The third kappa shape index (κ3) is 3.36. The Kier molecular flexibility index (Phi) is 4.82. The molecule has 1 N–H and O–H groups in total. The van der Waals surface area contributed by atoms with Crippen molar-refractivity contribution < 1.29 is 14.3 Å². The third-order valence-corrected chi connectivity index (χ3v) is 5.08. The lowest BCUT2D eigenvalue weighted by molar-refractivity contribution is -0.125. The lowest BCUT2D eigenvalue weighted by Crippen LogP contribution is -2.37. The first-order valence-electron chi connectivity index (χ1n) is 9.06. The standard InChI is InChI=1S/C20H20N4O3S/c1-12-3-4-14-10-15(11-17-19(26)22-20(28)24(17)13(2)25)18(21-16(14)9-12)23-5-7-27-8-6-23/h3-4,9-11H,5-8H2,1-2H3,(H,22,26,28). The van der Waals surface area contributed by atoms with Crippen LogP contribution in [0.2, 0.25) is 0 Å². The zero-order chi connectivity index (χ0) is 19.8. The molecule has 1 aromatic carbocycles. The molecule has 3 heterocycles. The molecule has 2 amide bonds. The number of aryl methyl sites for hydroxylation is 1. The Labute approximate surface area is 168 Å². The van der Waals surface area contributed by atoms with Gasteiger partial charge in [0.05, 0.1) is 18.7 Å². The first-order chi connectivity index (χ1) is 13.4. The van der Waals surface area contributed by atoms with Gasteiger partial charge in [-0.05, 0) is 42.9 Å². The van der Waals surface area contributed by atoms with Gasteiger partial charge in [-0.15, -0.1) is 0 Å². The van der Waals surface area contributed by atoms with Gasteiger partial charge in [0.1, 0.15) is 11.5 Å². The number of carbonyl (C=O) groups excluding carboxylic acids is 2. The maximum atomic E-state index is 12.4. The Morgan fingerprint density at radius 3 is 2.75 bits per heavy atom. The van der Waals surface area contributed by atoms with Gasteiger partial charge in [0.15, 0.2) is 5.11 Å². The van der Waals surface area contributed by atoms with Crippen molar-refractivity contribution in [2.45, 2.75) is 13.8 Å². The molecular weight excluding hydrogens is 376 g/mol. The van der Waals surface area contributed by atoms with E-state index in [2.05, 4.69) is 10.2 Å². The molecule has 1 aromatic heterocycles. The van der Waals surface area contributed by atoms with E-state index in [4.69, 9.17) is 21.9 Å². The molecule has 28 heavy (non-hydrogen) atoms. The minimum Gasteiger partial charge on any atom is -0.378 e. The Morgan fingerprint density at radius 1 is 1.29 bits per heavy atom. The van der Waals surface area contributed by atoms with Gasteiger partial charge in [-0.1, -0.05) is 12.1 Å². The van der Waals surface area contributed by atoms with Crippen molar-refractivity contribution in [2.24, 2.45) is 0 Å². The van der Waals surface area contributed by atoms with Gasteiger partial charge in [0.25, 0.3) is 5.91 Å². The average Bonchev–Trinajstić information content (AvgIpc) is 2.95. The van der Waals surface area contributed by atoms with E-state index in [0.717, 1.165) is 27.8 Å². The second kappa shape index (κ2) is 7.29. The van der Waals surface area contributed by atoms with Crippen molar-refractivity contribution in [1.82, 2.24) is 15.2 Å². The Hall–Kier alpha value is -2.84. The highest BCUT2D eigenvalue weighted by molar-refractivity contribution is 7.80. The number of nitrogens with one attached hydrogen (secondary N) is 1. The molecule has 2 aromatic rings. The van der Waals surface area contributed by atoms with Crippen LogP contribution in [0.3, 0.4) is 0 Å². The average molecular weight is 396 g/mol. The van der Waals surface area contributed by atoms with Crippen molar-refractivity contribution in [3.05, 3.63) is 41.1 Å². The number of benzene rings is 1. The molecule has 0 aliphatic carbocycles. The number of rotatable bonds is 2. The highest BCUT2D eigenvalue weighted by Gasteiger charge is 2.33. The number of morpholine rings is 1. The number of carbonyl (C=O) groups is 2. The molecule has 0 spiro atoms.